The molecule has 1 aliphatic heterocycles. The van der Waals surface area contributed by atoms with Crippen molar-refractivity contribution in [1.82, 2.24) is 4.98 Å². The van der Waals surface area contributed by atoms with E-state index in [-0.39, 0.29) is 0 Å². The van der Waals surface area contributed by atoms with Crippen molar-refractivity contribution in [2.75, 3.05) is 6.79 Å². The average molecular weight is 295 g/mol. The van der Waals surface area contributed by atoms with Gasteiger partial charge in [-0.05, 0) is 31.2 Å². The van der Waals surface area contributed by atoms with Crippen LogP contribution in [0.4, 0.5) is 0 Å². The summed E-state index contributed by atoms with van der Waals surface area (Å²) >= 11 is 1.66. The summed E-state index contributed by atoms with van der Waals surface area (Å²) in [4.78, 5) is 4.74. The number of aromatic nitrogens is 1. The highest BCUT2D eigenvalue weighted by Crippen LogP contribution is 2.37. The molecule has 0 unspecified atom stereocenters. The van der Waals surface area contributed by atoms with Gasteiger partial charge in [-0.3, -0.25) is 0 Å². The van der Waals surface area contributed by atoms with Crippen LogP contribution in [0.1, 0.15) is 5.56 Å². The SMILES string of the molecule is Cc1cccc(-c2nc(-c3ccc4c(c3)OCO4)cs2)c1. The number of hydrogen-bond acceptors (Lipinski definition) is 4. The van der Waals surface area contributed by atoms with E-state index in [4.69, 9.17) is 14.5 Å². The third-order valence-corrected chi connectivity index (χ3v) is 4.33. The van der Waals surface area contributed by atoms with E-state index < -0.39 is 0 Å². The highest BCUT2D eigenvalue weighted by atomic mass is 32.1. The number of rotatable bonds is 2. The molecule has 1 aliphatic rings. The van der Waals surface area contributed by atoms with Crippen molar-refractivity contribution >= 4 is 11.3 Å². The molecule has 0 atom stereocenters. The standard InChI is InChI=1S/C17H13NO2S/c1-11-3-2-4-13(7-11)17-18-14(9-21-17)12-5-6-15-16(8-12)20-10-19-15/h2-9H,10H2,1H3. The van der Waals surface area contributed by atoms with Crippen molar-refractivity contribution in [3.8, 4) is 33.3 Å². The minimum absolute atomic E-state index is 0.296. The summed E-state index contributed by atoms with van der Waals surface area (Å²) in [6, 6.07) is 14.3. The Balaban J connectivity index is 1.71. The van der Waals surface area contributed by atoms with Crippen LogP contribution in [0.25, 0.3) is 21.8 Å². The molecule has 3 nitrogen and oxygen atoms in total. The second-order valence-corrected chi connectivity index (χ2v) is 5.83. The van der Waals surface area contributed by atoms with Gasteiger partial charge < -0.3 is 9.47 Å². The van der Waals surface area contributed by atoms with Gasteiger partial charge in [0.25, 0.3) is 0 Å². The zero-order valence-electron chi connectivity index (χ0n) is 11.5. The Labute approximate surface area is 126 Å². The third kappa shape index (κ3) is 2.28. The second kappa shape index (κ2) is 4.90. The first-order chi connectivity index (χ1) is 10.3. The smallest absolute Gasteiger partial charge is 0.231 e. The summed E-state index contributed by atoms with van der Waals surface area (Å²) < 4.78 is 10.8. The Morgan fingerprint density at radius 1 is 1.00 bits per heavy atom. The fourth-order valence-electron chi connectivity index (χ4n) is 2.37. The molecule has 0 bridgehead atoms. The summed E-state index contributed by atoms with van der Waals surface area (Å²) in [5.74, 6) is 1.59. The highest BCUT2D eigenvalue weighted by Gasteiger charge is 2.15. The zero-order valence-corrected chi connectivity index (χ0v) is 12.3. The van der Waals surface area contributed by atoms with Crippen molar-refractivity contribution < 1.29 is 9.47 Å². The number of hydrogen-bond donors (Lipinski definition) is 0. The lowest BCUT2D eigenvalue weighted by molar-refractivity contribution is 0.174. The number of ether oxygens (including phenoxy) is 2. The first-order valence-corrected chi connectivity index (χ1v) is 7.60. The average Bonchev–Trinajstić information content (AvgIpc) is 3.15. The molecule has 0 saturated heterocycles. The van der Waals surface area contributed by atoms with Gasteiger partial charge in [-0.15, -0.1) is 11.3 Å². The Morgan fingerprint density at radius 2 is 1.90 bits per heavy atom. The van der Waals surface area contributed by atoms with Gasteiger partial charge >= 0.3 is 0 Å². The van der Waals surface area contributed by atoms with Gasteiger partial charge in [0.05, 0.1) is 5.69 Å². The second-order valence-electron chi connectivity index (χ2n) is 4.98. The lowest BCUT2D eigenvalue weighted by Crippen LogP contribution is -1.92. The molecule has 0 spiro atoms. The van der Waals surface area contributed by atoms with Gasteiger partial charge in [0.15, 0.2) is 11.5 Å². The molecular formula is C17H13NO2S. The van der Waals surface area contributed by atoms with Crippen LogP contribution in [0.15, 0.2) is 47.8 Å². The summed E-state index contributed by atoms with van der Waals surface area (Å²) in [6.07, 6.45) is 0. The van der Waals surface area contributed by atoms with Crippen LogP contribution in [0.5, 0.6) is 11.5 Å². The van der Waals surface area contributed by atoms with Gasteiger partial charge in [-0.2, -0.15) is 0 Å². The Bertz CT molecular complexity index is 810. The van der Waals surface area contributed by atoms with E-state index in [1.54, 1.807) is 11.3 Å². The number of benzene rings is 2. The normalized spacial score (nSPS) is 12.6. The van der Waals surface area contributed by atoms with E-state index in [2.05, 4.69) is 36.6 Å². The van der Waals surface area contributed by atoms with Crippen LogP contribution in [-0.4, -0.2) is 11.8 Å². The minimum Gasteiger partial charge on any atom is -0.454 e. The molecule has 0 N–H and O–H groups in total. The Hall–Kier alpha value is -2.33. The maximum Gasteiger partial charge on any atom is 0.231 e. The van der Waals surface area contributed by atoms with Crippen LogP contribution in [0, 0.1) is 6.92 Å². The Morgan fingerprint density at radius 3 is 2.81 bits per heavy atom. The summed E-state index contributed by atoms with van der Waals surface area (Å²) in [5.41, 5.74) is 4.42. The minimum atomic E-state index is 0.296. The Kier molecular flexibility index (Phi) is 2.89. The van der Waals surface area contributed by atoms with E-state index >= 15 is 0 Å². The molecule has 1 aromatic heterocycles. The molecule has 3 aromatic rings. The molecule has 2 heterocycles. The predicted octanol–water partition coefficient (Wildman–Crippen LogP) is 4.51. The first-order valence-electron chi connectivity index (χ1n) is 6.72. The molecule has 2 aromatic carbocycles. The molecule has 104 valence electrons. The zero-order chi connectivity index (χ0) is 14.2. The van der Waals surface area contributed by atoms with Gasteiger partial charge in [-0.1, -0.05) is 23.8 Å². The van der Waals surface area contributed by atoms with Gasteiger partial charge in [0.1, 0.15) is 5.01 Å². The fourth-order valence-corrected chi connectivity index (χ4v) is 3.20. The van der Waals surface area contributed by atoms with Crippen molar-refractivity contribution in [1.29, 1.82) is 0 Å². The van der Waals surface area contributed by atoms with E-state index in [1.807, 2.05) is 18.2 Å². The van der Waals surface area contributed by atoms with Crippen LogP contribution in [-0.2, 0) is 0 Å². The molecule has 0 amide bonds. The monoisotopic (exact) mass is 295 g/mol. The number of aryl methyl sites for hydroxylation is 1. The number of thiazole rings is 1. The topological polar surface area (TPSA) is 31.4 Å². The van der Waals surface area contributed by atoms with Crippen molar-refractivity contribution in [3.05, 3.63) is 53.4 Å². The van der Waals surface area contributed by atoms with Gasteiger partial charge in [-0.25, -0.2) is 4.98 Å². The molecule has 4 heteroatoms. The lowest BCUT2D eigenvalue weighted by Gasteiger charge is -2.00. The van der Waals surface area contributed by atoms with E-state index in [1.165, 1.54) is 5.56 Å². The van der Waals surface area contributed by atoms with Crippen LogP contribution in [0.2, 0.25) is 0 Å². The largest absolute Gasteiger partial charge is 0.454 e. The van der Waals surface area contributed by atoms with Gasteiger partial charge in [0.2, 0.25) is 6.79 Å². The fraction of sp³-hybridized carbons (Fsp3) is 0.118. The molecule has 0 radical (unpaired) electrons. The van der Waals surface area contributed by atoms with Crippen molar-refractivity contribution in [3.63, 3.8) is 0 Å². The molecule has 0 saturated carbocycles. The third-order valence-electron chi connectivity index (χ3n) is 3.44. The predicted molar refractivity (Wildman–Crippen MR) is 83.8 cm³/mol. The molecule has 0 fully saturated rings. The number of nitrogens with zero attached hydrogens (tertiary/aromatic N) is 1. The summed E-state index contributed by atoms with van der Waals surface area (Å²) in [7, 11) is 0. The summed E-state index contributed by atoms with van der Waals surface area (Å²) in [5, 5.41) is 3.11. The quantitative estimate of drug-likeness (QED) is 0.697. The molecule has 21 heavy (non-hydrogen) atoms. The van der Waals surface area contributed by atoms with E-state index in [9.17, 15) is 0 Å². The van der Waals surface area contributed by atoms with E-state index in [0.29, 0.717) is 6.79 Å². The molecule has 0 aliphatic carbocycles. The van der Waals surface area contributed by atoms with Crippen molar-refractivity contribution in [2.24, 2.45) is 0 Å². The van der Waals surface area contributed by atoms with Crippen LogP contribution < -0.4 is 9.47 Å². The van der Waals surface area contributed by atoms with Crippen molar-refractivity contribution in [2.45, 2.75) is 6.92 Å². The summed E-state index contributed by atoms with van der Waals surface area (Å²) in [6.45, 7) is 2.39. The van der Waals surface area contributed by atoms with Crippen LogP contribution in [0.3, 0.4) is 0 Å². The highest BCUT2D eigenvalue weighted by molar-refractivity contribution is 7.13. The lowest BCUT2D eigenvalue weighted by atomic mass is 10.1. The van der Waals surface area contributed by atoms with Crippen LogP contribution >= 0.6 is 11.3 Å². The molecule has 4 rings (SSSR count). The number of fused-ring (bicyclic) bond motifs is 1. The van der Waals surface area contributed by atoms with Gasteiger partial charge in [0, 0.05) is 16.5 Å². The maximum absolute atomic E-state index is 5.42. The van der Waals surface area contributed by atoms with E-state index in [0.717, 1.165) is 33.3 Å². The maximum atomic E-state index is 5.42. The first kappa shape index (κ1) is 12.4. The molecular weight excluding hydrogens is 282 g/mol.